The van der Waals surface area contributed by atoms with Crippen molar-refractivity contribution < 1.29 is 27.1 Å². The van der Waals surface area contributed by atoms with Crippen LogP contribution in [0.4, 0.5) is 4.39 Å². The molecule has 1 amide bonds. The Morgan fingerprint density at radius 2 is 1.68 bits per heavy atom. The van der Waals surface area contributed by atoms with Crippen LogP contribution >= 0.6 is 0 Å². The van der Waals surface area contributed by atoms with Crippen molar-refractivity contribution >= 4 is 15.9 Å². The van der Waals surface area contributed by atoms with Gasteiger partial charge in [-0.2, -0.15) is 0 Å². The summed E-state index contributed by atoms with van der Waals surface area (Å²) >= 11 is 0. The summed E-state index contributed by atoms with van der Waals surface area (Å²) in [5, 5.41) is 2.69. The molecule has 2 rings (SSSR count). The Labute approximate surface area is 183 Å². The fourth-order valence-corrected chi connectivity index (χ4v) is 4.16. The van der Waals surface area contributed by atoms with E-state index in [4.69, 9.17) is 9.47 Å². The molecule has 31 heavy (non-hydrogen) atoms. The third-order valence-corrected chi connectivity index (χ3v) is 5.94. The lowest BCUT2D eigenvalue weighted by atomic mass is 10.1. The molecule has 1 unspecified atom stereocenters. The van der Waals surface area contributed by atoms with E-state index in [0.717, 1.165) is 18.2 Å². The standard InChI is InChI=1S/C22H29FN2O5S/c1-13(2)25-31(27,28)17-8-9-19(23)18(12-17)22(26)24-15(5)16-7-10-20(30-14(3)4)21(11-16)29-6/h7-15,25H,1-6H3,(H,24,26). The van der Waals surface area contributed by atoms with E-state index in [2.05, 4.69) is 10.0 Å². The van der Waals surface area contributed by atoms with Crippen LogP contribution in [0.25, 0.3) is 0 Å². The molecule has 0 aromatic heterocycles. The first kappa shape index (κ1) is 24.6. The molecule has 9 heteroatoms. The van der Waals surface area contributed by atoms with Gasteiger partial charge in [-0.15, -0.1) is 0 Å². The molecule has 2 aromatic rings. The summed E-state index contributed by atoms with van der Waals surface area (Å²) in [6.07, 6.45) is -0.0337. The lowest BCUT2D eigenvalue weighted by Gasteiger charge is -2.18. The second-order valence-corrected chi connectivity index (χ2v) is 9.40. The largest absolute Gasteiger partial charge is 0.493 e. The number of ether oxygens (including phenoxy) is 2. The number of rotatable bonds is 9. The van der Waals surface area contributed by atoms with Gasteiger partial charge in [0.05, 0.1) is 29.7 Å². The molecule has 0 aliphatic rings. The number of sulfonamides is 1. The van der Waals surface area contributed by atoms with Crippen molar-refractivity contribution in [2.45, 2.75) is 57.7 Å². The average molecular weight is 453 g/mol. The summed E-state index contributed by atoms with van der Waals surface area (Å²) in [7, 11) is -2.35. The highest BCUT2D eigenvalue weighted by atomic mass is 32.2. The van der Waals surface area contributed by atoms with E-state index >= 15 is 0 Å². The first-order chi connectivity index (χ1) is 14.4. The molecule has 0 bridgehead atoms. The van der Waals surface area contributed by atoms with Gasteiger partial charge in [0.2, 0.25) is 10.0 Å². The molecular formula is C22H29FN2O5S. The summed E-state index contributed by atoms with van der Waals surface area (Å²) in [6.45, 7) is 8.87. The van der Waals surface area contributed by atoms with Gasteiger partial charge < -0.3 is 14.8 Å². The van der Waals surface area contributed by atoms with Crippen molar-refractivity contribution in [1.29, 1.82) is 0 Å². The minimum atomic E-state index is -3.86. The number of carbonyl (C=O) groups excluding carboxylic acids is 1. The Bertz CT molecular complexity index is 1040. The maximum absolute atomic E-state index is 14.3. The van der Waals surface area contributed by atoms with Crippen molar-refractivity contribution in [2.24, 2.45) is 0 Å². The minimum Gasteiger partial charge on any atom is -0.493 e. The van der Waals surface area contributed by atoms with Gasteiger partial charge in [-0.1, -0.05) is 6.07 Å². The van der Waals surface area contributed by atoms with Gasteiger partial charge in [-0.05, 0) is 70.5 Å². The van der Waals surface area contributed by atoms with E-state index in [9.17, 15) is 17.6 Å². The fraction of sp³-hybridized carbons (Fsp3) is 0.409. The molecule has 0 radical (unpaired) electrons. The van der Waals surface area contributed by atoms with Crippen LogP contribution in [0.5, 0.6) is 11.5 Å². The van der Waals surface area contributed by atoms with Gasteiger partial charge in [-0.3, -0.25) is 4.79 Å². The van der Waals surface area contributed by atoms with Crippen molar-refractivity contribution in [1.82, 2.24) is 10.0 Å². The Kier molecular flexibility index (Phi) is 8.02. The lowest BCUT2D eigenvalue weighted by molar-refractivity contribution is 0.0935. The maximum Gasteiger partial charge on any atom is 0.254 e. The summed E-state index contributed by atoms with van der Waals surface area (Å²) in [6, 6.07) is 7.52. The van der Waals surface area contributed by atoms with Gasteiger partial charge in [0, 0.05) is 6.04 Å². The molecule has 0 saturated carbocycles. The van der Waals surface area contributed by atoms with Crippen LogP contribution in [0, 0.1) is 5.82 Å². The van der Waals surface area contributed by atoms with Crippen molar-refractivity contribution in [3.05, 3.63) is 53.3 Å². The van der Waals surface area contributed by atoms with Gasteiger partial charge in [0.15, 0.2) is 11.5 Å². The average Bonchev–Trinajstić information content (AvgIpc) is 2.66. The Morgan fingerprint density at radius 3 is 2.26 bits per heavy atom. The number of benzene rings is 2. The molecule has 0 fully saturated rings. The van der Waals surface area contributed by atoms with E-state index in [0.29, 0.717) is 17.1 Å². The normalized spacial score (nSPS) is 12.7. The van der Waals surface area contributed by atoms with Gasteiger partial charge >= 0.3 is 0 Å². The molecule has 0 aliphatic heterocycles. The van der Waals surface area contributed by atoms with Gasteiger partial charge in [0.25, 0.3) is 5.91 Å². The number of halogens is 1. The highest BCUT2D eigenvalue weighted by molar-refractivity contribution is 7.89. The second-order valence-electron chi connectivity index (χ2n) is 7.69. The summed E-state index contributed by atoms with van der Waals surface area (Å²) < 4.78 is 52.5. The zero-order valence-corrected chi connectivity index (χ0v) is 19.3. The molecule has 7 nitrogen and oxygen atoms in total. The third kappa shape index (κ3) is 6.41. The number of nitrogens with one attached hydrogen (secondary N) is 2. The monoisotopic (exact) mass is 452 g/mol. The Morgan fingerprint density at radius 1 is 1.00 bits per heavy atom. The van der Waals surface area contributed by atoms with E-state index in [1.807, 2.05) is 13.8 Å². The highest BCUT2D eigenvalue weighted by Crippen LogP contribution is 2.31. The van der Waals surface area contributed by atoms with E-state index in [1.54, 1.807) is 39.0 Å². The fourth-order valence-electron chi connectivity index (χ4n) is 2.89. The topological polar surface area (TPSA) is 93.7 Å². The minimum absolute atomic E-state index is 0.0337. The summed E-state index contributed by atoms with van der Waals surface area (Å²) in [5.74, 6) is -0.466. The zero-order chi connectivity index (χ0) is 23.3. The quantitative estimate of drug-likeness (QED) is 0.604. The first-order valence-electron chi connectivity index (χ1n) is 9.92. The molecule has 0 saturated heterocycles. The molecule has 0 spiro atoms. The lowest BCUT2D eigenvalue weighted by Crippen LogP contribution is -2.31. The molecule has 1 atom stereocenters. The van der Waals surface area contributed by atoms with Crippen LogP contribution in [0.3, 0.4) is 0 Å². The van der Waals surface area contributed by atoms with Gasteiger partial charge in [-0.25, -0.2) is 17.5 Å². The molecule has 0 heterocycles. The summed E-state index contributed by atoms with van der Waals surface area (Å²) in [5.41, 5.74) is 0.358. The van der Waals surface area contributed by atoms with Crippen molar-refractivity contribution in [2.75, 3.05) is 7.11 Å². The smallest absolute Gasteiger partial charge is 0.254 e. The van der Waals surface area contributed by atoms with E-state index < -0.39 is 27.8 Å². The molecule has 170 valence electrons. The number of carbonyl (C=O) groups is 1. The van der Waals surface area contributed by atoms with Crippen LogP contribution in [-0.4, -0.2) is 33.6 Å². The number of amides is 1. The Balaban J connectivity index is 2.26. The molecular weight excluding hydrogens is 423 g/mol. The van der Waals surface area contributed by atoms with Gasteiger partial charge in [0.1, 0.15) is 5.82 Å². The predicted molar refractivity (Wildman–Crippen MR) is 116 cm³/mol. The molecule has 2 aromatic carbocycles. The van der Waals surface area contributed by atoms with Crippen LogP contribution in [0.15, 0.2) is 41.3 Å². The summed E-state index contributed by atoms with van der Waals surface area (Å²) in [4.78, 5) is 12.5. The Hall–Kier alpha value is -2.65. The number of methoxy groups -OCH3 is 1. The SMILES string of the molecule is COc1cc(C(C)NC(=O)c2cc(S(=O)(=O)NC(C)C)ccc2F)ccc1OC(C)C. The van der Waals surface area contributed by atoms with Crippen LogP contribution in [0.1, 0.15) is 56.6 Å². The maximum atomic E-state index is 14.3. The van der Waals surface area contributed by atoms with Crippen LogP contribution < -0.4 is 19.5 Å². The van der Waals surface area contributed by atoms with Crippen LogP contribution in [-0.2, 0) is 10.0 Å². The van der Waals surface area contributed by atoms with Crippen molar-refractivity contribution in [3.63, 3.8) is 0 Å². The van der Waals surface area contributed by atoms with Crippen LogP contribution in [0.2, 0.25) is 0 Å². The predicted octanol–water partition coefficient (Wildman–Crippen LogP) is 3.80. The highest BCUT2D eigenvalue weighted by Gasteiger charge is 2.22. The third-order valence-electron chi connectivity index (χ3n) is 4.28. The second kappa shape index (κ2) is 10.1. The van der Waals surface area contributed by atoms with Crippen molar-refractivity contribution in [3.8, 4) is 11.5 Å². The molecule has 2 N–H and O–H groups in total. The zero-order valence-electron chi connectivity index (χ0n) is 18.5. The number of hydrogen-bond acceptors (Lipinski definition) is 5. The van der Waals surface area contributed by atoms with E-state index in [1.165, 1.54) is 7.11 Å². The van der Waals surface area contributed by atoms with E-state index in [-0.39, 0.29) is 22.6 Å². The number of hydrogen-bond donors (Lipinski definition) is 2. The molecule has 0 aliphatic carbocycles. The first-order valence-corrected chi connectivity index (χ1v) is 11.4.